The van der Waals surface area contributed by atoms with Crippen LogP contribution in [0.15, 0.2) is 29.6 Å². The van der Waals surface area contributed by atoms with Gasteiger partial charge in [0, 0.05) is 24.9 Å². The first-order chi connectivity index (χ1) is 10.8. The molecule has 0 radical (unpaired) electrons. The minimum absolute atomic E-state index is 0.171. The topological polar surface area (TPSA) is 59.2 Å². The zero-order valence-electron chi connectivity index (χ0n) is 12.6. The summed E-state index contributed by atoms with van der Waals surface area (Å²) < 4.78 is 0. The highest BCUT2D eigenvalue weighted by Gasteiger charge is 2.21. The van der Waals surface area contributed by atoms with Gasteiger partial charge in [-0.1, -0.05) is 24.3 Å². The molecule has 4 nitrogen and oxygen atoms in total. The first kappa shape index (κ1) is 15.2. The first-order valence-corrected chi connectivity index (χ1v) is 8.62. The molecule has 0 aliphatic carbocycles. The van der Waals surface area contributed by atoms with Crippen molar-refractivity contribution in [2.75, 3.05) is 13.1 Å². The van der Waals surface area contributed by atoms with Crippen LogP contribution in [0.25, 0.3) is 0 Å². The van der Waals surface area contributed by atoms with E-state index in [2.05, 4.69) is 23.2 Å². The van der Waals surface area contributed by atoms with Gasteiger partial charge in [0.25, 0.3) is 0 Å². The summed E-state index contributed by atoms with van der Waals surface area (Å²) in [7, 11) is 0. The molecule has 2 N–H and O–H groups in total. The molecule has 1 aliphatic rings. The van der Waals surface area contributed by atoms with E-state index in [1.54, 1.807) is 11.3 Å². The van der Waals surface area contributed by atoms with Crippen molar-refractivity contribution >= 4 is 17.2 Å². The number of rotatable bonds is 5. The van der Waals surface area contributed by atoms with Gasteiger partial charge in [0.05, 0.1) is 17.1 Å². The second-order valence-electron chi connectivity index (χ2n) is 5.64. The summed E-state index contributed by atoms with van der Waals surface area (Å²) in [5.41, 5.74) is 9.04. The van der Waals surface area contributed by atoms with Gasteiger partial charge in [0.1, 0.15) is 0 Å². The summed E-state index contributed by atoms with van der Waals surface area (Å²) in [6.45, 7) is 2.21. The van der Waals surface area contributed by atoms with Crippen molar-refractivity contribution in [3.63, 3.8) is 0 Å². The number of aromatic nitrogens is 1. The van der Waals surface area contributed by atoms with Crippen LogP contribution in [0.4, 0.5) is 0 Å². The number of aryl methyl sites for hydroxylation is 1. The summed E-state index contributed by atoms with van der Waals surface area (Å²) in [6, 6.07) is 8.37. The van der Waals surface area contributed by atoms with Gasteiger partial charge in [-0.25, -0.2) is 4.98 Å². The zero-order chi connectivity index (χ0) is 15.4. The minimum Gasteiger partial charge on any atom is -0.338 e. The molecule has 116 valence electrons. The predicted molar refractivity (Wildman–Crippen MR) is 88.8 cm³/mol. The van der Waals surface area contributed by atoms with Crippen LogP contribution in [-0.2, 0) is 30.6 Å². The van der Waals surface area contributed by atoms with E-state index < -0.39 is 0 Å². The van der Waals surface area contributed by atoms with Crippen molar-refractivity contribution in [2.45, 2.75) is 32.2 Å². The van der Waals surface area contributed by atoms with Crippen LogP contribution in [0.5, 0.6) is 0 Å². The number of hydrogen-bond donors (Lipinski definition) is 1. The molecule has 22 heavy (non-hydrogen) atoms. The summed E-state index contributed by atoms with van der Waals surface area (Å²) in [5, 5.41) is 3.08. The molecule has 0 bridgehead atoms. The van der Waals surface area contributed by atoms with Crippen LogP contribution in [0.2, 0.25) is 0 Å². The molecule has 3 rings (SSSR count). The average Bonchev–Trinajstić information content (AvgIpc) is 2.99. The maximum Gasteiger partial charge on any atom is 0.228 e. The van der Waals surface area contributed by atoms with Crippen molar-refractivity contribution in [3.05, 3.63) is 51.5 Å². The van der Waals surface area contributed by atoms with Gasteiger partial charge >= 0.3 is 0 Å². The van der Waals surface area contributed by atoms with E-state index in [1.165, 1.54) is 11.1 Å². The largest absolute Gasteiger partial charge is 0.338 e. The van der Waals surface area contributed by atoms with Crippen molar-refractivity contribution < 1.29 is 4.79 Å². The Balaban J connectivity index is 1.60. The highest BCUT2D eigenvalue weighted by molar-refractivity contribution is 7.09. The van der Waals surface area contributed by atoms with E-state index in [0.717, 1.165) is 43.1 Å². The molecule has 1 aliphatic heterocycles. The molecule has 0 unspecified atom stereocenters. The van der Waals surface area contributed by atoms with Crippen molar-refractivity contribution in [1.82, 2.24) is 9.88 Å². The first-order valence-electron chi connectivity index (χ1n) is 7.74. The number of fused-ring (bicyclic) bond motifs is 1. The van der Waals surface area contributed by atoms with Gasteiger partial charge in [-0.15, -0.1) is 11.3 Å². The summed E-state index contributed by atoms with van der Waals surface area (Å²) >= 11 is 1.63. The Morgan fingerprint density at radius 3 is 2.95 bits per heavy atom. The van der Waals surface area contributed by atoms with E-state index in [0.29, 0.717) is 13.0 Å². The van der Waals surface area contributed by atoms with Crippen LogP contribution in [-0.4, -0.2) is 28.9 Å². The monoisotopic (exact) mass is 315 g/mol. The number of carbonyl (C=O) groups excluding carboxylic acids is 1. The smallest absolute Gasteiger partial charge is 0.228 e. The van der Waals surface area contributed by atoms with Gasteiger partial charge in [-0.3, -0.25) is 4.79 Å². The molecule has 0 saturated carbocycles. The lowest BCUT2D eigenvalue weighted by Crippen LogP contribution is -2.36. The Bertz CT molecular complexity index is 653. The standard InChI is InChI=1S/C17H21N3OS/c18-8-3-6-16-19-15(12-22-16)10-17(21)20-9-7-13-4-1-2-5-14(13)11-20/h1-2,4-5,12H,3,6-11,18H2. The third-order valence-electron chi connectivity index (χ3n) is 4.01. The van der Waals surface area contributed by atoms with Gasteiger partial charge in [0.15, 0.2) is 0 Å². The number of benzene rings is 1. The lowest BCUT2D eigenvalue weighted by atomic mass is 10.00. The van der Waals surface area contributed by atoms with Gasteiger partial charge in [0.2, 0.25) is 5.91 Å². The third kappa shape index (κ3) is 3.54. The number of thiazole rings is 1. The molecular weight excluding hydrogens is 294 g/mol. The normalized spacial score (nSPS) is 14.0. The molecule has 0 fully saturated rings. The summed E-state index contributed by atoms with van der Waals surface area (Å²) in [5.74, 6) is 0.171. The van der Waals surface area contributed by atoms with Crippen LogP contribution >= 0.6 is 11.3 Å². The summed E-state index contributed by atoms with van der Waals surface area (Å²) in [4.78, 5) is 19.0. The Hall–Kier alpha value is -1.72. The molecule has 2 heterocycles. The Kier molecular flexibility index (Phi) is 4.85. The van der Waals surface area contributed by atoms with Crippen LogP contribution in [0, 0.1) is 0 Å². The Labute approximate surface area is 135 Å². The zero-order valence-corrected chi connectivity index (χ0v) is 13.4. The molecule has 0 saturated heterocycles. The molecular formula is C17H21N3OS. The molecule has 1 aromatic heterocycles. The lowest BCUT2D eigenvalue weighted by molar-refractivity contribution is -0.131. The third-order valence-corrected chi connectivity index (χ3v) is 4.97. The fourth-order valence-electron chi connectivity index (χ4n) is 2.77. The second kappa shape index (κ2) is 7.03. The van der Waals surface area contributed by atoms with Crippen molar-refractivity contribution in [2.24, 2.45) is 5.73 Å². The Morgan fingerprint density at radius 2 is 2.14 bits per heavy atom. The number of carbonyl (C=O) groups is 1. The van der Waals surface area contributed by atoms with Crippen molar-refractivity contribution in [3.8, 4) is 0 Å². The SMILES string of the molecule is NCCCc1nc(CC(=O)N2CCc3ccccc3C2)cs1. The molecule has 0 spiro atoms. The molecule has 1 aromatic carbocycles. The van der Waals surface area contributed by atoms with Gasteiger partial charge in [-0.2, -0.15) is 0 Å². The van der Waals surface area contributed by atoms with Gasteiger partial charge in [-0.05, 0) is 30.5 Å². The minimum atomic E-state index is 0.171. The maximum absolute atomic E-state index is 12.5. The van der Waals surface area contributed by atoms with Gasteiger partial charge < -0.3 is 10.6 Å². The number of hydrogen-bond acceptors (Lipinski definition) is 4. The van der Waals surface area contributed by atoms with E-state index in [9.17, 15) is 4.79 Å². The van der Waals surface area contributed by atoms with E-state index in [4.69, 9.17) is 5.73 Å². The van der Waals surface area contributed by atoms with Crippen LogP contribution in [0.3, 0.4) is 0 Å². The van der Waals surface area contributed by atoms with E-state index >= 15 is 0 Å². The molecule has 1 amide bonds. The fourth-order valence-corrected chi connectivity index (χ4v) is 3.61. The lowest BCUT2D eigenvalue weighted by Gasteiger charge is -2.28. The highest BCUT2D eigenvalue weighted by atomic mass is 32.1. The molecule has 0 atom stereocenters. The molecule has 5 heteroatoms. The molecule has 2 aromatic rings. The quantitative estimate of drug-likeness (QED) is 0.920. The average molecular weight is 315 g/mol. The number of amides is 1. The van der Waals surface area contributed by atoms with E-state index in [-0.39, 0.29) is 5.91 Å². The van der Waals surface area contributed by atoms with Crippen LogP contribution < -0.4 is 5.73 Å². The summed E-state index contributed by atoms with van der Waals surface area (Å²) in [6.07, 6.45) is 3.21. The number of nitrogens with two attached hydrogens (primary N) is 1. The second-order valence-corrected chi connectivity index (χ2v) is 6.58. The fraction of sp³-hybridized carbons (Fsp3) is 0.412. The van der Waals surface area contributed by atoms with Crippen molar-refractivity contribution in [1.29, 1.82) is 0 Å². The van der Waals surface area contributed by atoms with Crippen LogP contribution in [0.1, 0.15) is 28.2 Å². The highest BCUT2D eigenvalue weighted by Crippen LogP contribution is 2.20. The Morgan fingerprint density at radius 1 is 1.32 bits per heavy atom. The number of nitrogens with zero attached hydrogens (tertiary/aromatic N) is 2. The predicted octanol–water partition coefficient (Wildman–Crippen LogP) is 2.16. The maximum atomic E-state index is 12.5. The van der Waals surface area contributed by atoms with E-state index in [1.807, 2.05) is 16.3 Å².